The highest BCUT2D eigenvalue weighted by Gasteiger charge is 2.22. The molecule has 0 spiro atoms. The molecule has 1 N–H and O–H groups in total. The first kappa shape index (κ1) is 19.2. The topological polar surface area (TPSA) is 64.9 Å². The summed E-state index contributed by atoms with van der Waals surface area (Å²) in [5, 5.41) is 2.76. The summed E-state index contributed by atoms with van der Waals surface area (Å²) >= 11 is 0. The molecule has 1 aromatic carbocycles. The van der Waals surface area contributed by atoms with Crippen LogP contribution in [0.1, 0.15) is 26.7 Å². The second-order valence-electron chi connectivity index (χ2n) is 7.54. The number of pyridine rings is 1. The van der Waals surface area contributed by atoms with E-state index in [0.29, 0.717) is 41.8 Å². The Morgan fingerprint density at radius 2 is 1.93 bits per heavy atom. The van der Waals surface area contributed by atoms with Gasteiger partial charge in [0.2, 0.25) is 11.9 Å². The lowest BCUT2D eigenvalue weighted by Crippen LogP contribution is -2.35. The second-order valence-corrected chi connectivity index (χ2v) is 7.54. The number of aromatic nitrogens is 2. The molecule has 1 aliphatic carbocycles. The zero-order chi connectivity index (χ0) is 20.4. The van der Waals surface area contributed by atoms with Crippen molar-refractivity contribution in [2.45, 2.75) is 32.7 Å². The zero-order valence-electron chi connectivity index (χ0n) is 16.5. The molecule has 0 radical (unpaired) electrons. The quantitative estimate of drug-likeness (QED) is 0.627. The molecule has 0 saturated heterocycles. The monoisotopic (exact) mass is 397 g/mol. The Bertz CT molecular complexity index is 1010. The molecular formula is C22H24FN3O3. The van der Waals surface area contributed by atoms with Crippen LogP contribution in [0, 0.1) is 11.9 Å². The molecule has 1 fully saturated rings. The Labute approximate surface area is 168 Å². The minimum absolute atomic E-state index is 0.0973. The van der Waals surface area contributed by atoms with E-state index in [0.717, 1.165) is 0 Å². The number of nitrogens with one attached hydrogen (secondary N) is 1. The van der Waals surface area contributed by atoms with Crippen LogP contribution in [-0.4, -0.2) is 34.5 Å². The van der Waals surface area contributed by atoms with E-state index in [-0.39, 0.29) is 17.6 Å². The zero-order valence-corrected chi connectivity index (χ0v) is 16.5. The lowest BCUT2D eigenvalue weighted by molar-refractivity contribution is -0.119. The number of halogens is 1. The summed E-state index contributed by atoms with van der Waals surface area (Å²) in [5.74, 6) is 1.40. The van der Waals surface area contributed by atoms with Crippen LogP contribution in [0.2, 0.25) is 0 Å². The largest absolute Gasteiger partial charge is 0.492 e. The molecule has 4 rings (SSSR count). The normalized spacial score (nSPS) is 14.6. The van der Waals surface area contributed by atoms with E-state index in [1.54, 1.807) is 36.5 Å². The maximum absolute atomic E-state index is 15.0. The van der Waals surface area contributed by atoms with Crippen molar-refractivity contribution < 1.29 is 18.7 Å². The molecule has 3 aromatic rings. The average Bonchev–Trinajstić information content (AvgIpc) is 3.48. The van der Waals surface area contributed by atoms with Gasteiger partial charge in [0, 0.05) is 12.5 Å². The standard InChI is InChI=1S/C22H24FN3O3/c1-14(24-15(2)27)12-28-18-7-5-17(6-8-18)21-22(23)26-11-19(9-10-20(26)25-21)29-13-16-3-4-16/h5-11,14,16H,3-4,12-13H2,1-2H3,(H,24,27). The van der Waals surface area contributed by atoms with Gasteiger partial charge in [-0.2, -0.15) is 4.39 Å². The van der Waals surface area contributed by atoms with Gasteiger partial charge in [0.15, 0.2) is 0 Å². The summed E-state index contributed by atoms with van der Waals surface area (Å²) in [4.78, 5) is 15.5. The fourth-order valence-electron chi connectivity index (χ4n) is 3.08. The lowest BCUT2D eigenvalue weighted by atomic mass is 10.1. The first-order chi connectivity index (χ1) is 14.0. The Morgan fingerprint density at radius 1 is 1.21 bits per heavy atom. The molecule has 152 valence electrons. The number of carbonyl (C=O) groups is 1. The van der Waals surface area contributed by atoms with E-state index in [1.165, 1.54) is 24.2 Å². The van der Waals surface area contributed by atoms with Crippen LogP contribution < -0.4 is 14.8 Å². The van der Waals surface area contributed by atoms with Gasteiger partial charge in [0.1, 0.15) is 29.4 Å². The van der Waals surface area contributed by atoms with E-state index in [9.17, 15) is 9.18 Å². The number of benzene rings is 1. The number of imidazole rings is 1. The Hall–Kier alpha value is -3.09. The number of ether oxygens (including phenoxy) is 2. The third-order valence-corrected chi connectivity index (χ3v) is 4.79. The summed E-state index contributed by atoms with van der Waals surface area (Å²) in [5.41, 5.74) is 1.47. The van der Waals surface area contributed by atoms with Crippen LogP contribution in [0.3, 0.4) is 0 Å². The van der Waals surface area contributed by atoms with Gasteiger partial charge in [0.25, 0.3) is 0 Å². The van der Waals surface area contributed by atoms with Gasteiger partial charge in [0.05, 0.1) is 18.8 Å². The number of rotatable bonds is 8. The summed E-state index contributed by atoms with van der Waals surface area (Å²) < 4.78 is 27.8. The van der Waals surface area contributed by atoms with Gasteiger partial charge in [-0.05, 0) is 62.1 Å². The van der Waals surface area contributed by atoms with Crippen molar-refractivity contribution in [1.82, 2.24) is 14.7 Å². The molecule has 6 nitrogen and oxygen atoms in total. The van der Waals surface area contributed by atoms with Gasteiger partial charge in [-0.3, -0.25) is 9.20 Å². The van der Waals surface area contributed by atoms with Gasteiger partial charge in [-0.25, -0.2) is 4.98 Å². The van der Waals surface area contributed by atoms with E-state index in [1.807, 2.05) is 13.0 Å². The van der Waals surface area contributed by atoms with Gasteiger partial charge >= 0.3 is 0 Å². The number of hydrogen-bond acceptors (Lipinski definition) is 4. The van der Waals surface area contributed by atoms with Crippen LogP contribution in [0.25, 0.3) is 16.9 Å². The lowest BCUT2D eigenvalue weighted by Gasteiger charge is -2.13. The molecular weight excluding hydrogens is 373 g/mol. The van der Waals surface area contributed by atoms with Crippen molar-refractivity contribution in [3.8, 4) is 22.8 Å². The fourth-order valence-corrected chi connectivity index (χ4v) is 3.08. The maximum Gasteiger partial charge on any atom is 0.226 e. The van der Waals surface area contributed by atoms with E-state index in [2.05, 4.69) is 10.3 Å². The van der Waals surface area contributed by atoms with Crippen LogP contribution in [0.5, 0.6) is 11.5 Å². The Morgan fingerprint density at radius 3 is 2.62 bits per heavy atom. The molecule has 1 saturated carbocycles. The summed E-state index contributed by atoms with van der Waals surface area (Å²) in [6.07, 6.45) is 4.06. The predicted molar refractivity (Wildman–Crippen MR) is 108 cm³/mol. The van der Waals surface area contributed by atoms with Crippen LogP contribution >= 0.6 is 0 Å². The van der Waals surface area contributed by atoms with E-state index >= 15 is 0 Å². The fraction of sp³-hybridized carbons (Fsp3) is 0.364. The molecule has 29 heavy (non-hydrogen) atoms. The minimum Gasteiger partial charge on any atom is -0.492 e. The van der Waals surface area contributed by atoms with E-state index < -0.39 is 5.95 Å². The Balaban J connectivity index is 1.47. The molecule has 1 unspecified atom stereocenters. The van der Waals surface area contributed by atoms with E-state index in [4.69, 9.17) is 9.47 Å². The highest BCUT2D eigenvalue weighted by atomic mass is 19.1. The number of hydrogen-bond donors (Lipinski definition) is 1. The summed E-state index contributed by atoms with van der Waals surface area (Å²) in [7, 11) is 0. The predicted octanol–water partition coefficient (Wildman–Crippen LogP) is 3.83. The van der Waals surface area contributed by atoms with Crippen molar-refractivity contribution in [1.29, 1.82) is 0 Å². The molecule has 0 aliphatic heterocycles. The average molecular weight is 397 g/mol. The summed E-state index contributed by atoms with van der Waals surface area (Å²) in [6, 6.07) is 10.6. The third kappa shape index (κ3) is 4.67. The van der Waals surface area contributed by atoms with Crippen LogP contribution in [-0.2, 0) is 4.79 Å². The number of amides is 1. The Kier molecular flexibility index (Phi) is 5.38. The first-order valence-electron chi connectivity index (χ1n) is 9.80. The minimum atomic E-state index is -0.426. The molecule has 2 aromatic heterocycles. The van der Waals surface area contributed by atoms with Crippen molar-refractivity contribution >= 4 is 11.6 Å². The highest BCUT2D eigenvalue weighted by Crippen LogP contribution is 2.30. The molecule has 1 amide bonds. The number of fused-ring (bicyclic) bond motifs is 1. The smallest absolute Gasteiger partial charge is 0.226 e. The SMILES string of the molecule is CC(=O)NC(C)COc1ccc(-c2nc3ccc(OCC4CC4)cn3c2F)cc1. The van der Waals surface area contributed by atoms with Crippen molar-refractivity contribution in [3.05, 3.63) is 48.5 Å². The number of carbonyl (C=O) groups excluding carboxylic acids is 1. The first-order valence-corrected chi connectivity index (χ1v) is 9.80. The molecule has 1 atom stereocenters. The number of nitrogens with zero attached hydrogens (tertiary/aromatic N) is 2. The second kappa shape index (κ2) is 8.11. The van der Waals surface area contributed by atoms with Crippen molar-refractivity contribution in [2.75, 3.05) is 13.2 Å². The molecule has 7 heteroatoms. The van der Waals surface area contributed by atoms with Gasteiger partial charge in [-0.1, -0.05) is 0 Å². The molecule has 2 heterocycles. The summed E-state index contributed by atoms with van der Waals surface area (Å²) in [6.45, 7) is 4.36. The van der Waals surface area contributed by atoms with Crippen molar-refractivity contribution in [3.63, 3.8) is 0 Å². The highest BCUT2D eigenvalue weighted by molar-refractivity contribution is 5.73. The van der Waals surface area contributed by atoms with Crippen LogP contribution in [0.4, 0.5) is 4.39 Å². The van der Waals surface area contributed by atoms with Crippen molar-refractivity contribution in [2.24, 2.45) is 5.92 Å². The maximum atomic E-state index is 15.0. The van der Waals surface area contributed by atoms with Crippen LogP contribution in [0.15, 0.2) is 42.6 Å². The molecule has 1 aliphatic rings. The molecule has 0 bridgehead atoms. The third-order valence-electron chi connectivity index (χ3n) is 4.79. The van der Waals surface area contributed by atoms with Gasteiger partial charge < -0.3 is 14.8 Å². The van der Waals surface area contributed by atoms with Gasteiger partial charge in [-0.15, -0.1) is 0 Å².